The molecule has 0 bridgehead atoms. The summed E-state index contributed by atoms with van der Waals surface area (Å²) in [5.74, 6) is 1.26. The lowest BCUT2D eigenvalue weighted by molar-refractivity contribution is 0.0791. The number of halogens is 1. The molecule has 2 amide bonds. The molecule has 7 heteroatoms. The van der Waals surface area contributed by atoms with Crippen molar-refractivity contribution in [2.45, 2.75) is 45.1 Å². The van der Waals surface area contributed by atoms with E-state index in [4.69, 9.17) is 16.6 Å². The number of carbonyl (C=O) groups is 2. The van der Waals surface area contributed by atoms with E-state index in [1.807, 2.05) is 36.1 Å². The summed E-state index contributed by atoms with van der Waals surface area (Å²) in [4.78, 5) is 35.8. The summed E-state index contributed by atoms with van der Waals surface area (Å²) >= 11 is 6.11. The number of aromatic amines is 1. The molecule has 2 aliphatic rings. The molecule has 166 valence electrons. The predicted molar refractivity (Wildman–Crippen MR) is 125 cm³/mol. The number of nitrogens with one attached hydrogen (secondary N) is 2. The van der Waals surface area contributed by atoms with Gasteiger partial charge in [0.05, 0.1) is 17.1 Å². The van der Waals surface area contributed by atoms with Crippen LogP contribution in [0.2, 0.25) is 5.02 Å². The van der Waals surface area contributed by atoms with E-state index in [2.05, 4.69) is 10.3 Å². The van der Waals surface area contributed by atoms with Gasteiger partial charge in [-0.25, -0.2) is 4.98 Å². The summed E-state index contributed by atoms with van der Waals surface area (Å²) in [5.41, 5.74) is 3.75. The van der Waals surface area contributed by atoms with Crippen LogP contribution in [0.1, 0.15) is 70.2 Å². The van der Waals surface area contributed by atoms with Crippen LogP contribution in [-0.2, 0) is 0 Å². The molecule has 1 aromatic heterocycles. The highest BCUT2D eigenvalue weighted by atomic mass is 35.5. The Morgan fingerprint density at radius 2 is 1.97 bits per heavy atom. The first-order valence-electron chi connectivity index (χ1n) is 11.3. The molecule has 2 aromatic carbocycles. The van der Waals surface area contributed by atoms with Crippen LogP contribution >= 0.6 is 11.6 Å². The maximum absolute atomic E-state index is 13.1. The largest absolute Gasteiger partial charge is 0.342 e. The molecule has 32 heavy (non-hydrogen) atoms. The Morgan fingerprint density at radius 3 is 2.69 bits per heavy atom. The number of nitrogens with zero attached hydrogens (tertiary/aromatic N) is 2. The second-order valence-corrected chi connectivity index (χ2v) is 9.45. The number of hydrogen-bond acceptors (Lipinski definition) is 3. The van der Waals surface area contributed by atoms with Crippen LogP contribution in [0.5, 0.6) is 0 Å². The van der Waals surface area contributed by atoms with Gasteiger partial charge in [-0.15, -0.1) is 0 Å². The number of aryl methyl sites for hydroxylation is 1. The number of hydrogen-bond donors (Lipinski definition) is 2. The minimum absolute atomic E-state index is 0.0551. The SMILES string of the molecule is Cc1cc(C(=O)NC(CC2CC2)c2nc3cc(Cl)ccc3[nH]2)ccc1C(=O)N1CCCC1. The number of rotatable bonds is 6. The molecule has 1 aliphatic carbocycles. The Hall–Kier alpha value is -2.86. The van der Waals surface area contributed by atoms with Crippen LogP contribution < -0.4 is 5.32 Å². The smallest absolute Gasteiger partial charge is 0.254 e. The second-order valence-electron chi connectivity index (χ2n) is 9.02. The highest BCUT2D eigenvalue weighted by molar-refractivity contribution is 6.31. The van der Waals surface area contributed by atoms with Gasteiger partial charge in [0.2, 0.25) is 0 Å². The summed E-state index contributed by atoms with van der Waals surface area (Å²) in [5, 5.41) is 3.80. The van der Waals surface area contributed by atoms with Gasteiger partial charge in [0.1, 0.15) is 5.82 Å². The number of H-pyrrole nitrogens is 1. The number of imidazole rings is 1. The zero-order valence-electron chi connectivity index (χ0n) is 18.2. The van der Waals surface area contributed by atoms with Crippen molar-refractivity contribution in [2.75, 3.05) is 13.1 Å². The van der Waals surface area contributed by atoms with E-state index < -0.39 is 0 Å². The van der Waals surface area contributed by atoms with Gasteiger partial charge in [0, 0.05) is 29.2 Å². The number of fused-ring (bicyclic) bond motifs is 1. The normalized spacial score (nSPS) is 17.0. The van der Waals surface area contributed by atoms with Crippen LogP contribution in [0.4, 0.5) is 0 Å². The van der Waals surface area contributed by atoms with Crippen LogP contribution in [0, 0.1) is 12.8 Å². The third-order valence-electron chi connectivity index (χ3n) is 6.48. The first-order chi connectivity index (χ1) is 15.5. The number of likely N-dealkylation sites (tertiary alicyclic amines) is 1. The van der Waals surface area contributed by atoms with Crippen LogP contribution in [0.15, 0.2) is 36.4 Å². The fourth-order valence-electron chi connectivity index (χ4n) is 4.47. The number of benzene rings is 2. The minimum atomic E-state index is -0.201. The van der Waals surface area contributed by atoms with Crippen LogP contribution in [-0.4, -0.2) is 39.8 Å². The first-order valence-corrected chi connectivity index (χ1v) is 11.7. The summed E-state index contributed by atoms with van der Waals surface area (Å²) < 4.78 is 0. The molecule has 2 fully saturated rings. The summed E-state index contributed by atoms with van der Waals surface area (Å²) in [6.07, 6.45) is 5.34. The lowest BCUT2D eigenvalue weighted by Crippen LogP contribution is -2.30. The van der Waals surface area contributed by atoms with Gasteiger partial charge in [-0.3, -0.25) is 9.59 Å². The van der Waals surface area contributed by atoms with Gasteiger partial charge in [0.25, 0.3) is 11.8 Å². The highest BCUT2D eigenvalue weighted by Crippen LogP contribution is 2.37. The average molecular weight is 451 g/mol. The molecule has 1 atom stereocenters. The Labute approximate surface area is 192 Å². The molecule has 3 aromatic rings. The van der Waals surface area contributed by atoms with E-state index in [0.717, 1.165) is 54.8 Å². The molecule has 5 rings (SSSR count). The van der Waals surface area contributed by atoms with E-state index in [9.17, 15) is 9.59 Å². The molecule has 6 nitrogen and oxygen atoms in total. The number of carbonyl (C=O) groups excluding carboxylic acids is 2. The predicted octanol–water partition coefficient (Wildman–Crippen LogP) is 5.03. The Balaban J connectivity index is 1.36. The third kappa shape index (κ3) is 4.37. The van der Waals surface area contributed by atoms with E-state index in [-0.39, 0.29) is 17.9 Å². The van der Waals surface area contributed by atoms with Gasteiger partial charge in [-0.05, 0) is 74.1 Å². The summed E-state index contributed by atoms with van der Waals surface area (Å²) in [7, 11) is 0. The van der Waals surface area contributed by atoms with E-state index in [1.165, 1.54) is 12.8 Å². The second kappa shape index (κ2) is 8.58. The Morgan fingerprint density at radius 1 is 1.19 bits per heavy atom. The highest BCUT2D eigenvalue weighted by Gasteiger charge is 2.29. The number of amides is 2. The van der Waals surface area contributed by atoms with Crippen LogP contribution in [0.3, 0.4) is 0 Å². The quantitative estimate of drug-likeness (QED) is 0.552. The first kappa shape index (κ1) is 21.0. The molecule has 0 radical (unpaired) electrons. The zero-order chi connectivity index (χ0) is 22.2. The van der Waals surface area contributed by atoms with Gasteiger partial charge in [-0.1, -0.05) is 24.4 Å². The average Bonchev–Trinajstić information content (AvgIpc) is 3.25. The third-order valence-corrected chi connectivity index (χ3v) is 6.71. The van der Waals surface area contributed by atoms with Crippen molar-refractivity contribution in [3.8, 4) is 0 Å². The van der Waals surface area contributed by atoms with E-state index >= 15 is 0 Å². The van der Waals surface area contributed by atoms with E-state index in [0.29, 0.717) is 22.1 Å². The number of aromatic nitrogens is 2. The minimum Gasteiger partial charge on any atom is -0.342 e. The standard InChI is InChI=1S/C25H27ClN4O2/c1-15-12-17(6-8-19(15)25(32)30-10-2-3-11-30)24(31)29-22(13-16-4-5-16)23-27-20-9-7-18(26)14-21(20)28-23/h6-9,12,14,16,22H,2-5,10-11,13H2,1H3,(H,27,28)(H,29,31). The van der Waals surface area contributed by atoms with Gasteiger partial charge in [-0.2, -0.15) is 0 Å². The van der Waals surface area contributed by atoms with Crippen LogP contribution in [0.25, 0.3) is 11.0 Å². The van der Waals surface area contributed by atoms with Crippen molar-refractivity contribution in [3.63, 3.8) is 0 Å². The van der Waals surface area contributed by atoms with E-state index in [1.54, 1.807) is 12.1 Å². The van der Waals surface area contributed by atoms with Crippen molar-refractivity contribution in [1.82, 2.24) is 20.2 Å². The molecular formula is C25H27ClN4O2. The van der Waals surface area contributed by atoms with Gasteiger partial charge >= 0.3 is 0 Å². The maximum atomic E-state index is 13.1. The monoisotopic (exact) mass is 450 g/mol. The molecule has 1 aliphatic heterocycles. The molecule has 1 saturated carbocycles. The maximum Gasteiger partial charge on any atom is 0.254 e. The summed E-state index contributed by atoms with van der Waals surface area (Å²) in [6.45, 7) is 3.52. The molecule has 1 unspecified atom stereocenters. The Bertz CT molecular complexity index is 1180. The Kier molecular flexibility index (Phi) is 5.64. The molecule has 1 saturated heterocycles. The fraction of sp³-hybridized carbons (Fsp3) is 0.400. The van der Waals surface area contributed by atoms with Crippen molar-refractivity contribution in [1.29, 1.82) is 0 Å². The molecule has 0 spiro atoms. The zero-order valence-corrected chi connectivity index (χ0v) is 18.9. The molecular weight excluding hydrogens is 424 g/mol. The van der Waals surface area contributed by atoms with Crippen molar-refractivity contribution in [2.24, 2.45) is 5.92 Å². The van der Waals surface area contributed by atoms with Crippen molar-refractivity contribution in [3.05, 3.63) is 63.9 Å². The lowest BCUT2D eigenvalue weighted by atomic mass is 10.0. The lowest BCUT2D eigenvalue weighted by Gasteiger charge is -2.19. The van der Waals surface area contributed by atoms with Gasteiger partial charge in [0.15, 0.2) is 0 Å². The topological polar surface area (TPSA) is 78.1 Å². The van der Waals surface area contributed by atoms with Crippen molar-refractivity contribution >= 4 is 34.4 Å². The van der Waals surface area contributed by atoms with Gasteiger partial charge < -0.3 is 15.2 Å². The van der Waals surface area contributed by atoms with Crippen molar-refractivity contribution < 1.29 is 9.59 Å². The molecule has 2 N–H and O–H groups in total. The molecule has 2 heterocycles. The fourth-order valence-corrected chi connectivity index (χ4v) is 4.63. The summed E-state index contributed by atoms with van der Waals surface area (Å²) in [6, 6.07) is 10.7.